The number of fused-ring (bicyclic) bond motifs is 2. The van der Waals surface area contributed by atoms with E-state index in [1.54, 1.807) is 22.7 Å². The number of carbonyl (C=O) groups excluding carboxylic acids is 1. The molecule has 172 valence electrons. The second kappa shape index (κ2) is 7.15. The number of rotatable bonds is 6. The van der Waals surface area contributed by atoms with E-state index in [0.29, 0.717) is 6.61 Å². The summed E-state index contributed by atoms with van der Waals surface area (Å²) in [6, 6.07) is 3.25. The lowest BCUT2D eigenvalue weighted by Gasteiger charge is -2.41. The van der Waals surface area contributed by atoms with E-state index in [1.165, 1.54) is 13.3 Å². The van der Waals surface area contributed by atoms with Crippen molar-refractivity contribution in [3.8, 4) is 11.6 Å². The Morgan fingerprint density at radius 2 is 2.15 bits per heavy atom. The van der Waals surface area contributed by atoms with Crippen LogP contribution in [0.25, 0.3) is 5.65 Å². The van der Waals surface area contributed by atoms with Gasteiger partial charge in [0.25, 0.3) is 5.91 Å². The Labute approximate surface area is 190 Å². The summed E-state index contributed by atoms with van der Waals surface area (Å²) in [5, 5.41) is 2.80. The molecule has 4 aliphatic rings. The van der Waals surface area contributed by atoms with E-state index >= 15 is 4.39 Å². The molecular formula is C24H25FN4O4. The lowest BCUT2D eigenvalue weighted by molar-refractivity contribution is 0.0154. The first-order valence-corrected chi connectivity index (χ1v) is 11.2. The number of carbonyl (C=O) groups is 1. The van der Waals surface area contributed by atoms with Crippen molar-refractivity contribution in [3.63, 3.8) is 0 Å². The van der Waals surface area contributed by atoms with Gasteiger partial charge in [-0.25, -0.2) is 9.97 Å². The van der Waals surface area contributed by atoms with E-state index < -0.39 is 11.7 Å². The van der Waals surface area contributed by atoms with E-state index in [2.05, 4.69) is 22.2 Å². The van der Waals surface area contributed by atoms with Gasteiger partial charge in [-0.05, 0) is 51.2 Å². The maximum absolute atomic E-state index is 15.7. The molecule has 2 saturated heterocycles. The Morgan fingerprint density at radius 1 is 1.33 bits per heavy atom. The van der Waals surface area contributed by atoms with Gasteiger partial charge in [-0.1, -0.05) is 0 Å². The minimum atomic E-state index is -0.582. The molecule has 7 rings (SSSR count). The zero-order valence-corrected chi connectivity index (χ0v) is 18.6. The van der Waals surface area contributed by atoms with Gasteiger partial charge in [0, 0.05) is 24.0 Å². The summed E-state index contributed by atoms with van der Waals surface area (Å²) in [5.41, 5.74) is 1.21. The van der Waals surface area contributed by atoms with E-state index in [4.69, 9.17) is 14.2 Å². The number of imidazole rings is 1. The first kappa shape index (κ1) is 20.4. The molecule has 0 unspecified atom stereocenters. The second-order valence-electron chi connectivity index (χ2n) is 9.60. The van der Waals surface area contributed by atoms with Crippen molar-refractivity contribution >= 4 is 17.2 Å². The Kier molecular flexibility index (Phi) is 4.42. The van der Waals surface area contributed by atoms with E-state index in [-0.39, 0.29) is 45.6 Å². The van der Waals surface area contributed by atoms with Crippen molar-refractivity contribution in [2.45, 2.75) is 56.1 Å². The summed E-state index contributed by atoms with van der Waals surface area (Å²) in [4.78, 5) is 21.7. The molecule has 3 aromatic heterocycles. The smallest absolute Gasteiger partial charge is 0.261 e. The van der Waals surface area contributed by atoms with Crippen LogP contribution in [0.4, 0.5) is 10.1 Å². The number of aromatic nitrogens is 3. The number of halogens is 1. The predicted molar refractivity (Wildman–Crippen MR) is 117 cm³/mol. The quantitative estimate of drug-likeness (QED) is 0.611. The van der Waals surface area contributed by atoms with Crippen molar-refractivity contribution in [2.75, 3.05) is 19.0 Å². The molecule has 4 fully saturated rings. The number of ether oxygens (including phenoxy) is 3. The predicted octanol–water partition coefficient (Wildman–Crippen LogP) is 3.88. The van der Waals surface area contributed by atoms with Gasteiger partial charge >= 0.3 is 0 Å². The first-order chi connectivity index (χ1) is 15.9. The van der Waals surface area contributed by atoms with Crippen molar-refractivity contribution < 1.29 is 23.4 Å². The Hall–Kier alpha value is -3.20. The fourth-order valence-corrected chi connectivity index (χ4v) is 5.25. The molecule has 8 nitrogen and oxygen atoms in total. The molecule has 33 heavy (non-hydrogen) atoms. The molecule has 2 aliphatic carbocycles. The lowest BCUT2D eigenvalue weighted by Crippen LogP contribution is -2.45. The highest BCUT2D eigenvalue weighted by Gasteiger charge is 2.61. The maximum atomic E-state index is 15.7. The fraction of sp³-hybridized carbons (Fsp3) is 0.458. The average Bonchev–Trinajstić information content (AvgIpc) is 3.43. The Morgan fingerprint density at radius 3 is 2.82 bits per heavy atom. The van der Waals surface area contributed by atoms with Crippen LogP contribution in [-0.2, 0) is 10.2 Å². The number of nitrogens with one attached hydrogen (secondary N) is 1. The van der Waals surface area contributed by atoms with Gasteiger partial charge in [0.1, 0.15) is 11.3 Å². The zero-order valence-electron chi connectivity index (χ0n) is 18.6. The molecule has 0 spiro atoms. The number of methoxy groups -OCH3 is 1. The minimum Gasteiger partial charge on any atom is -0.485 e. The number of anilines is 1. The monoisotopic (exact) mass is 452 g/mol. The number of pyridine rings is 2. The van der Waals surface area contributed by atoms with Gasteiger partial charge in [-0.2, -0.15) is 4.39 Å². The van der Waals surface area contributed by atoms with Crippen LogP contribution in [0.15, 0.2) is 30.7 Å². The Bertz CT molecular complexity index is 1260. The Balaban J connectivity index is 1.40. The molecule has 2 aliphatic heterocycles. The lowest BCUT2D eigenvalue weighted by atomic mass is 9.62. The van der Waals surface area contributed by atoms with Crippen molar-refractivity contribution in [1.82, 2.24) is 14.4 Å². The van der Waals surface area contributed by atoms with Gasteiger partial charge in [0.2, 0.25) is 11.7 Å². The largest absolute Gasteiger partial charge is 0.485 e. The van der Waals surface area contributed by atoms with Crippen molar-refractivity contribution in [1.29, 1.82) is 0 Å². The molecule has 3 aromatic rings. The van der Waals surface area contributed by atoms with Crippen molar-refractivity contribution in [3.05, 3.63) is 47.8 Å². The normalized spacial score (nSPS) is 26.0. The summed E-state index contributed by atoms with van der Waals surface area (Å²) in [5.74, 6) is -0.841. The van der Waals surface area contributed by atoms with Gasteiger partial charge in [0.05, 0.1) is 31.1 Å². The van der Waals surface area contributed by atoms with Crippen LogP contribution in [0.5, 0.6) is 11.6 Å². The van der Waals surface area contributed by atoms with E-state index in [9.17, 15) is 4.79 Å². The number of amides is 1. The fourth-order valence-electron chi connectivity index (χ4n) is 5.25. The van der Waals surface area contributed by atoms with Crippen LogP contribution in [0.1, 0.15) is 55.1 Å². The van der Waals surface area contributed by atoms with Crippen LogP contribution in [-0.4, -0.2) is 45.7 Å². The van der Waals surface area contributed by atoms with Crippen LogP contribution in [0, 0.1) is 5.82 Å². The molecule has 2 saturated carbocycles. The number of hydrogen-bond donors (Lipinski definition) is 1. The molecule has 1 N–H and O–H groups in total. The SMILES string of the molecule is COc1ncccc1C(=O)Nc1cn2cc(C34COC(C)(C3)C4)nc2c(F)c1OC1CCC1. The van der Waals surface area contributed by atoms with Crippen LogP contribution in [0.3, 0.4) is 0 Å². The zero-order chi connectivity index (χ0) is 22.8. The minimum absolute atomic E-state index is 0.0131. The maximum Gasteiger partial charge on any atom is 0.261 e. The summed E-state index contributed by atoms with van der Waals surface area (Å²) in [6.07, 6.45) is 9.46. The molecule has 0 aromatic carbocycles. The highest BCUT2D eigenvalue weighted by Crippen LogP contribution is 2.58. The molecule has 0 radical (unpaired) electrons. The highest BCUT2D eigenvalue weighted by molar-refractivity contribution is 6.06. The van der Waals surface area contributed by atoms with Crippen LogP contribution in [0.2, 0.25) is 0 Å². The third kappa shape index (κ3) is 3.17. The third-order valence-corrected chi connectivity index (χ3v) is 7.10. The second-order valence-corrected chi connectivity index (χ2v) is 9.60. The highest BCUT2D eigenvalue weighted by atomic mass is 19.1. The standard InChI is InChI=1S/C24H25FN4O4/c1-23-11-24(12-23,13-32-23)17-10-29-9-16(27-21(30)15-7-4-8-26-22(15)31-2)19(18(25)20(29)28-17)33-14-5-3-6-14/h4,7-10,14H,3,5-6,11-13H2,1-2H3,(H,27,30). The van der Waals surface area contributed by atoms with Crippen LogP contribution >= 0.6 is 0 Å². The molecule has 1 amide bonds. The number of hydrogen-bond acceptors (Lipinski definition) is 6. The molecule has 9 heteroatoms. The summed E-state index contributed by atoms with van der Waals surface area (Å²) >= 11 is 0. The van der Waals surface area contributed by atoms with Gasteiger partial charge in [-0.3, -0.25) is 4.79 Å². The van der Waals surface area contributed by atoms with Gasteiger partial charge in [0.15, 0.2) is 11.4 Å². The van der Waals surface area contributed by atoms with E-state index in [1.807, 2.05) is 6.20 Å². The topological polar surface area (TPSA) is 87.0 Å². The van der Waals surface area contributed by atoms with Crippen LogP contribution < -0.4 is 14.8 Å². The van der Waals surface area contributed by atoms with Gasteiger partial charge < -0.3 is 23.9 Å². The van der Waals surface area contributed by atoms with E-state index in [0.717, 1.165) is 37.8 Å². The number of nitrogens with zero attached hydrogens (tertiary/aromatic N) is 3. The summed E-state index contributed by atoms with van der Waals surface area (Å²) in [6.45, 7) is 2.68. The molecule has 2 bridgehead atoms. The first-order valence-electron chi connectivity index (χ1n) is 11.2. The molecule has 0 atom stereocenters. The molecular weight excluding hydrogens is 427 g/mol. The summed E-state index contributed by atoms with van der Waals surface area (Å²) in [7, 11) is 1.45. The third-order valence-electron chi connectivity index (χ3n) is 7.10. The van der Waals surface area contributed by atoms with Gasteiger partial charge in [-0.15, -0.1) is 0 Å². The average molecular weight is 452 g/mol. The summed E-state index contributed by atoms with van der Waals surface area (Å²) < 4.78 is 34.4. The van der Waals surface area contributed by atoms with Crippen molar-refractivity contribution in [2.24, 2.45) is 0 Å². The molecule has 5 heterocycles.